The van der Waals surface area contributed by atoms with Crippen LogP contribution in [0.4, 0.5) is 4.39 Å². The zero-order valence-corrected chi connectivity index (χ0v) is 11.9. The number of benzene rings is 2. The summed E-state index contributed by atoms with van der Waals surface area (Å²) < 4.78 is 13.2. The van der Waals surface area contributed by atoms with Crippen molar-refractivity contribution in [2.24, 2.45) is 5.73 Å². The van der Waals surface area contributed by atoms with Crippen molar-refractivity contribution in [3.05, 3.63) is 70.0 Å². The van der Waals surface area contributed by atoms with Crippen molar-refractivity contribution in [3.63, 3.8) is 0 Å². The average molecular weight is 290 g/mol. The molecule has 1 unspecified atom stereocenters. The van der Waals surface area contributed by atoms with E-state index in [2.05, 4.69) is 24.3 Å². The molecular weight excluding hydrogens is 273 g/mol. The average Bonchev–Trinajstić information content (AvgIpc) is 2.40. The standard InChI is InChI=1S/C17H17ClFN/c18-15-10-14(8-9-16(15)19)17(20)13-6-4-12(5-7-13)11-2-1-3-11/h4-11,17H,1-3,20H2. The maximum atomic E-state index is 13.2. The molecule has 1 fully saturated rings. The van der Waals surface area contributed by atoms with E-state index in [0.717, 1.165) is 17.0 Å². The van der Waals surface area contributed by atoms with E-state index in [1.807, 2.05) is 0 Å². The van der Waals surface area contributed by atoms with Gasteiger partial charge < -0.3 is 5.73 Å². The zero-order chi connectivity index (χ0) is 14.1. The van der Waals surface area contributed by atoms with Gasteiger partial charge in [-0.2, -0.15) is 0 Å². The second-order valence-electron chi connectivity index (χ2n) is 5.45. The van der Waals surface area contributed by atoms with E-state index in [4.69, 9.17) is 17.3 Å². The van der Waals surface area contributed by atoms with Crippen LogP contribution >= 0.6 is 11.6 Å². The lowest BCUT2D eigenvalue weighted by molar-refractivity contribution is 0.419. The van der Waals surface area contributed by atoms with Crippen LogP contribution in [0.25, 0.3) is 0 Å². The zero-order valence-electron chi connectivity index (χ0n) is 11.2. The summed E-state index contributed by atoms with van der Waals surface area (Å²) in [5.41, 5.74) is 9.47. The first-order valence-corrected chi connectivity index (χ1v) is 7.33. The Morgan fingerprint density at radius 3 is 2.25 bits per heavy atom. The largest absolute Gasteiger partial charge is 0.320 e. The monoisotopic (exact) mass is 289 g/mol. The minimum atomic E-state index is -0.414. The van der Waals surface area contributed by atoms with Gasteiger partial charge in [-0.3, -0.25) is 0 Å². The van der Waals surface area contributed by atoms with Gasteiger partial charge in [-0.1, -0.05) is 48.4 Å². The summed E-state index contributed by atoms with van der Waals surface area (Å²) in [6.07, 6.45) is 3.91. The Balaban J connectivity index is 1.82. The van der Waals surface area contributed by atoms with Crippen LogP contribution in [-0.4, -0.2) is 0 Å². The van der Waals surface area contributed by atoms with Crippen LogP contribution in [-0.2, 0) is 0 Å². The van der Waals surface area contributed by atoms with Gasteiger partial charge >= 0.3 is 0 Å². The van der Waals surface area contributed by atoms with Crippen molar-refractivity contribution in [2.45, 2.75) is 31.2 Å². The van der Waals surface area contributed by atoms with Gasteiger partial charge in [-0.05, 0) is 47.6 Å². The van der Waals surface area contributed by atoms with Crippen molar-refractivity contribution in [2.75, 3.05) is 0 Å². The molecule has 1 aliphatic carbocycles. The molecule has 1 nitrogen and oxygen atoms in total. The molecule has 0 saturated heterocycles. The van der Waals surface area contributed by atoms with Crippen molar-refractivity contribution in [1.82, 2.24) is 0 Å². The first kappa shape index (κ1) is 13.6. The number of halogens is 2. The second-order valence-corrected chi connectivity index (χ2v) is 5.85. The number of rotatable bonds is 3. The molecule has 104 valence electrons. The van der Waals surface area contributed by atoms with Gasteiger partial charge in [0.2, 0.25) is 0 Å². The highest BCUT2D eigenvalue weighted by Crippen LogP contribution is 2.36. The molecular formula is C17H17ClFN. The van der Waals surface area contributed by atoms with E-state index in [9.17, 15) is 4.39 Å². The van der Waals surface area contributed by atoms with Crippen LogP contribution < -0.4 is 5.73 Å². The van der Waals surface area contributed by atoms with Gasteiger partial charge in [0.1, 0.15) is 5.82 Å². The molecule has 3 rings (SSSR count). The first-order chi connectivity index (χ1) is 9.65. The molecule has 0 radical (unpaired) electrons. The van der Waals surface area contributed by atoms with Crippen LogP contribution in [0.1, 0.15) is 47.9 Å². The molecule has 0 heterocycles. The van der Waals surface area contributed by atoms with E-state index in [0.29, 0.717) is 0 Å². The fourth-order valence-electron chi connectivity index (χ4n) is 2.62. The van der Waals surface area contributed by atoms with Crippen LogP contribution in [0.5, 0.6) is 0 Å². The molecule has 2 aromatic rings. The first-order valence-electron chi connectivity index (χ1n) is 6.95. The van der Waals surface area contributed by atoms with Crippen LogP contribution in [0.3, 0.4) is 0 Å². The molecule has 1 saturated carbocycles. The van der Waals surface area contributed by atoms with Gasteiger partial charge in [0.25, 0.3) is 0 Å². The predicted molar refractivity (Wildman–Crippen MR) is 80.5 cm³/mol. The van der Waals surface area contributed by atoms with Crippen molar-refractivity contribution in [3.8, 4) is 0 Å². The maximum Gasteiger partial charge on any atom is 0.141 e. The molecule has 20 heavy (non-hydrogen) atoms. The van der Waals surface area contributed by atoms with Crippen LogP contribution in [0.15, 0.2) is 42.5 Å². The molecule has 0 amide bonds. The van der Waals surface area contributed by atoms with Crippen molar-refractivity contribution < 1.29 is 4.39 Å². The van der Waals surface area contributed by atoms with Gasteiger partial charge in [-0.15, -0.1) is 0 Å². The summed E-state index contributed by atoms with van der Waals surface area (Å²) in [6.45, 7) is 0. The van der Waals surface area contributed by atoms with E-state index in [-0.39, 0.29) is 11.1 Å². The molecule has 1 aliphatic rings. The smallest absolute Gasteiger partial charge is 0.141 e. The molecule has 0 spiro atoms. The Morgan fingerprint density at radius 1 is 1.05 bits per heavy atom. The Hall–Kier alpha value is -1.38. The molecule has 1 atom stereocenters. The molecule has 2 aromatic carbocycles. The lowest BCUT2D eigenvalue weighted by Crippen LogP contribution is -2.13. The molecule has 0 aliphatic heterocycles. The van der Waals surface area contributed by atoms with E-state index >= 15 is 0 Å². The minimum Gasteiger partial charge on any atom is -0.320 e. The molecule has 0 aromatic heterocycles. The molecule has 0 bridgehead atoms. The summed E-state index contributed by atoms with van der Waals surface area (Å²) in [5, 5.41) is 0.115. The Bertz CT molecular complexity index is 605. The highest BCUT2D eigenvalue weighted by molar-refractivity contribution is 6.30. The lowest BCUT2D eigenvalue weighted by atomic mass is 9.79. The number of hydrogen-bond donors (Lipinski definition) is 1. The number of nitrogens with two attached hydrogens (primary N) is 1. The highest BCUT2D eigenvalue weighted by Gasteiger charge is 2.19. The summed E-state index contributed by atoms with van der Waals surface area (Å²) in [6, 6.07) is 12.8. The summed E-state index contributed by atoms with van der Waals surface area (Å²) in [5.74, 6) is 0.309. The SMILES string of the molecule is NC(c1ccc(C2CCC2)cc1)c1ccc(F)c(Cl)c1. The van der Waals surface area contributed by atoms with Gasteiger partial charge in [-0.25, -0.2) is 4.39 Å². The lowest BCUT2D eigenvalue weighted by Gasteiger charge is -2.26. The predicted octanol–water partition coefficient (Wildman–Crippen LogP) is 4.79. The Kier molecular flexibility index (Phi) is 3.77. The van der Waals surface area contributed by atoms with E-state index < -0.39 is 5.82 Å². The minimum absolute atomic E-state index is 0.115. The Labute approximate surface area is 123 Å². The third-order valence-corrected chi connectivity index (χ3v) is 4.46. The van der Waals surface area contributed by atoms with Gasteiger partial charge in [0.05, 0.1) is 11.1 Å². The van der Waals surface area contributed by atoms with Crippen molar-refractivity contribution in [1.29, 1.82) is 0 Å². The number of hydrogen-bond acceptors (Lipinski definition) is 1. The fourth-order valence-corrected chi connectivity index (χ4v) is 2.80. The van der Waals surface area contributed by atoms with Gasteiger partial charge in [0, 0.05) is 0 Å². The van der Waals surface area contributed by atoms with E-state index in [1.165, 1.54) is 30.9 Å². The topological polar surface area (TPSA) is 26.0 Å². The summed E-state index contributed by atoms with van der Waals surface area (Å²) in [4.78, 5) is 0. The van der Waals surface area contributed by atoms with Crippen LogP contribution in [0, 0.1) is 5.82 Å². The fraction of sp³-hybridized carbons (Fsp3) is 0.294. The third-order valence-electron chi connectivity index (χ3n) is 4.17. The summed E-state index contributed by atoms with van der Waals surface area (Å²) in [7, 11) is 0. The quantitative estimate of drug-likeness (QED) is 0.863. The highest BCUT2D eigenvalue weighted by atomic mass is 35.5. The Morgan fingerprint density at radius 2 is 1.70 bits per heavy atom. The molecule has 2 N–H and O–H groups in total. The summed E-state index contributed by atoms with van der Waals surface area (Å²) >= 11 is 5.81. The van der Waals surface area contributed by atoms with Gasteiger partial charge in [0.15, 0.2) is 0 Å². The normalized spacial score (nSPS) is 16.8. The van der Waals surface area contributed by atoms with Crippen LogP contribution in [0.2, 0.25) is 5.02 Å². The molecule has 3 heteroatoms. The second kappa shape index (κ2) is 5.55. The van der Waals surface area contributed by atoms with Crippen molar-refractivity contribution >= 4 is 11.6 Å². The van der Waals surface area contributed by atoms with E-state index in [1.54, 1.807) is 12.1 Å². The third kappa shape index (κ3) is 2.58. The maximum absolute atomic E-state index is 13.2.